The summed E-state index contributed by atoms with van der Waals surface area (Å²) in [6, 6.07) is -8.99. The van der Waals surface area contributed by atoms with Crippen molar-refractivity contribution >= 4 is 99.6 Å². The van der Waals surface area contributed by atoms with Gasteiger partial charge in [0.25, 0.3) is 0 Å². The molecule has 2 aromatic rings. The molecular formula is C66H99N17O16S. The number of likely N-dealkylation sites (tertiary alicyclic amines) is 1. The molecule has 0 spiro atoms. The quantitative estimate of drug-likeness (QED) is 0.0390. The second-order valence-electron chi connectivity index (χ2n) is 25.7. The maximum absolute atomic E-state index is 14.9. The van der Waals surface area contributed by atoms with Gasteiger partial charge in [-0.2, -0.15) is 0 Å². The number of carboxylic acid groups (broad SMARTS) is 2. The van der Waals surface area contributed by atoms with E-state index < -0.39 is 193 Å². The van der Waals surface area contributed by atoms with Crippen LogP contribution in [0.3, 0.4) is 0 Å². The van der Waals surface area contributed by atoms with Gasteiger partial charge in [-0.25, -0.2) is 4.98 Å². The van der Waals surface area contributed by atoms with Crippen LogP contribution in [0.5, 0.6) is 0 Å². The number of amides is 12. The molecule has 33 nitrogen and oxygen atoms in total. The fraction of sp³-hybridized carbons (Fsp3) is 0.606. The van der Waals surface area contributed by atoms with Crippen molar-refractivity contribution in [3.63, 3.8) is 0 Å². The van der Waals surface area contributed by atoms with Gasteiger partial charge in [-0.1, -0.05) is 83.9 Å². The molecule has 3 aliphatic heterocycles. The highest BCUT2D eigenvalue weighted by Crippen LogP contribution is 2.28. The van der Waals surface area contributed by atoms with E-state index >= 15 is 0 Å². The number of carbonyl (C=O) groups excluding carboxylic acids is 12. The zero-order valence-corrected chi connectivity index (χ0v) is 58.2. The van der Waals surface area contributed by atoms with E-state index in [0.29, 0.717) is 10.6 Å². The SMILES string of the molecule is C=CCC(C)C1NC(=O)C(CCCN)NC(=O)C(NC(=O)C(NC(=O)C(CCC(=O)O)N2C(=O)C(NC(=O)C3CSC(C(N)C(C)CC)=N3)CC2C)C(C)CC)CCCCNC(=O)C(CC(N)=O)NC(=O)C(CC(=O)O)NC(=O)C(Cc2cnc[nH]2)NC(=O)C(Cc2ccccc2)NC1=O. The molecule has 1 aromatic heterocycles. The summed E-state index contributed by atoms with van der Waals surface area (Å²) in [6.45, 7) is 14.2. The van der Waals surface area contributed by atoms with Crippen LogP contribution in [0.1, 0.15) is 136 Å². The summed E-state index contributed by atoms with van der Waals surface area (Å²) in [7, 11) is 0. The van der Waals surface area contributed by atoms with Gasteiger partial charge >= 0.3 is 11.9 Å². The number of carboxylic acids is 2. The van der Waals surface area contributed by atoms with Gasteiger partial charge in [0, 0.05) is 49.5 Å². The third-order valence-corrected chi connectivity index (χ3v) is 19.1. The lowest BCUT2D eigenvalue weighted by Gasteiger charge is -2.33. The highest BCUT2D eigenvalue weighted by atomic mass is 32.2. The fourth-order valence-corrected chi connectivity index (χ4v) is 12.9. The monoisotopic (exact) mass is 1420 g/mol. The number of aliphatic imine (C=N–C) groups is 1. The largest absolute Gasteiger partial charge is 0.481 e. The van der Waals surface area contributed by atoms with E-state index in [2.05, 4.69) is 74.7 Å². The first-order valence-corrected chi connectivity index (χ1v) is 34.8. The number of aromatic amines is 1. The van der Waals surface area contributed by atoms with Gasteiger partial charge in [-0.3, -0.25) is 72.1 Å². The molecule has 19 N–H and O–H groups in total. The number of carbonyl (C=O) groups is 14. The molecule has 12 amide bonds. The predicted molar refractivity (Wildman–Crippen MR) is 367 cm³/mol. The number of hydrogen-bond donors (Lipinski definition) is 16. The van der Waals surface area contributed by atoms with Crippen molar-refractivity contribution in [1.82, 2.24) is 68.0 Å². The van der Waals surface area contributed by atoms with Gasteiger partial charge in [-0.15, -0.1) is 18.3 Å². The molecule has 100 heavy (non-hydrogen) atoms. The van der Waals surface area contributed by atoms with E-state index in [0.717, 1.165) is 6.42 Å². The first kappa shape index (κ1) is 81.4. The Hall–Kier alpha value is -9.31. The molecule has 2 fully saturated rings. The van der Waals surface area contributed by atoms with Crippen LogP contribution in [0.2, 0.25) is 0 Å². The molecular weight excluding hydrogens is 1320 g/mol. The number of aliphatic carboxylic acids is 2. The number of imidazole rings is 1. The maximum atomic E-state index is 14.9. The van der Waals surface area contributed by atoms with Crippen LogP contribution in [0.4, 0.5) is 0 Å². The van der Waals surface area contributed by atoms with Gasteiger partial charge in [-0.05, 0) is 88.2 Å². The summed E-state index contributed by atoms with van der Waals surface area (Å²) < 4.78 is 0. The maximum Gasteiger partial charge on any atom is 0.305 e. The lowest BCUT2D eigenvalue weighted by atomic mass is 9.95. The number of primary amides is 1. The summed E-state index contributed by atoms with van der Waals surface area (Å²) in [5.74, 6) is -15.1. The summed E-state index contributed by atoms with van der Waals surface area (Å²) in [4.78, 5) is 209. The average molecular weight is 1420 g/mol. The molecule has 2 saturated heterocycles. The normalized spacial score (nSPS) is 25.1. The Bertz CT molecular complexity index is 3250. The van der Waals surface area contributed by atoms with Crippen LogP contribution in [0.25, 0.3) is 0 Å². The van der Waals surface area contributed by atoms with Gasteiger partial charge in [0.15, 0.2) is 0 Å². The van der Waals surface area contributed by atoms with Crippen molar-refractivity contribution in [1.29, 1.82) is 0 Å². The first-order chi connectivity index (χ1) is 47.5. The van der Waals surface area contributed by atoms with Crippen molar-refractivity contribution in [2.75, 3.05) is 18.8 Å². The Morgan fingerprint density at radius 2 is 1.37 bits per heavy atom. The van der Waals surface area contributed by atoms with Gasteiger partial charge in [0.2, 0.25) is 70.9 Å². The van der Waals surface area contributed by atoms with Crippen molar-refractivity contribution in [2.45, 2.75) is 216 Å². The van der Waals surface area contributed by atoms with Crippen LogP contribution in [-0.4, -0.2) is 210 Å². The molecule has 34 heteroatoms. The number of nitrogens with zero attached hydrogens (tertiary/aromatic N) is 3. The third kappa shape index (κ3) is 24.5. The third-order valence-electron chi connectivity index (χ3n) is 17.9. The Kier molecular flexibility index (Phi) is 32.6. The molecule has 0 bridgehead atoms. The predicted octanol–water partition coefficient (Wildman–Crippen LogP) is -2.05. The van der Waals surface area contributed by atoms with E-state index in [4.69, 9.17) is 17.2 Å². The summed E-state index contributed by atoms with van der Waals surface area (Å²) in [5.41, 5.74) is 18.7. The van der Waals surface area contributed by atoms with Crippen LogP contribution in [0.15, 0.2) is 60.5 Å². The van der Waals surface area contributed by atoms with E-state index in [1.54, 1.807) is 58.0 Å². The van der Waals surface area contributed by atoms with Gasteiger partial charge in [0.05, 0.1) is 30.3 Å². The zero-order chi connectivity index (χ0) is 73.9. The minimum atomic E-state index is -1.95. The Balaban J connectivity index is 1.52. The van der Waals surface area contributed by atoms with Crippen LogP contribution in [-0.2, 0) is 80.0 Å². The highest BCUT2D eigenvalue weighted by molar-refractivity contribution is 8.14. The second kappa shape index (κ2) is 40.1. The lowest BCUT2D eigenvalue weighted by molar-refractivity contribution is -0.144. The number of nitrogens with two attached hydrogens (primary N) is 3. The minimum absolute atomic E-state index is 0.00121. The standard InChI is InChI=1S/C66H99N17O16S/c1-8-17-36(6)54-64(98)78-42(27-38-18-12-11-13-19-38)58(92)75-43(28-39-31-70-33-72-39)59(93)77-45(30-51(87)88)60(94)76-44(29-49(68)84)55(89)71-25-15-14-20-40(56(90)73-41(21-16-24-67)57(91)81-54)74-63(97)53(35(5)10-3)82-62(96)48(22-23-50(85)86)83-37(7)26-46(66(83)99)79-61(95)47-32-100-65(80-47)52(69)34(4)9-2/h8,11-13,18-19,31,33-37,40-48,52-54H,1,9-10,14-17,20-30,32,67,69H2,2-7H3,(H2,68,84)(H,70,72)(H,71,89)(H,73,90)(H,74,97)(H,75,92)(H,76,94)(H,77,93)(H,78,98)(H,79,95)(H,81,91)(H,82,96)(H,85,86)(H,87,88). The Labute approximate surface area is 584 Å². The molecule has 16 atom stereocenters. The molecule has 1 aromatic carbocycles. The number of rotatable bonds is 29. The lowest BCUT2D eigenvalue weighted by Crippen LogP contribution is -2.62. The zero-order valence-electron chi connectivity index (χ0n) is 57.4. The number of thioether (sulfide) groups is 1. The van der Waals surface area contributed by atoms with Gasteiger partial charge < -0.3 is 90.5 Å². The second-order valence-corrected chi connectivity index (χ2v) is 26.8. The van der Waals surface area contributed by atoms with E-state index in [1.807, 2.05) is 13.8 Å². The molecule has 4 heterocycles. The van der Waals surface area contributed by atoms with Crippen molar-refractivity contribution in [3.8, 4) is 0 Å². The molecule has 16 unspecified atom stereocenters. The van der Waals surface area contributed by atoms with Crippen molar-refractivity contribution in [2.24, 2.45) is 39.9 Å². The summed E-state index contributed by atoms with van der Waals surface area (Å²) in [5, 5.41) is 46.6. The molecule has 0 saturated carbocycles. The Morgan fingerprint density at radius 3 is 1.98 bits per heavy atom. The number of benzene rings is 1. The molecule has 0 radical (unpaired) electrons. The summed E-state index contributed by atoms with van der Waals surface area (Å²) >= 11 is 1.36. The average Bonchev–Trinajstić information content (AvgIpc) is 1.63. The molecule has 3 aliphatic rings. The summed E-state index contributed by atoms with van der Waals surface area (Å²) in [6.07, 6.45) is 1.66. The number of nitrogens with one attached hydrogen (secondary N) is 11. The van der Waals surface area contributed by atoms with Crippen LogP contribution in [0, 0.1) is 17.8 Å². The minimum Gasteiger partial charge on any atom is -0.481 e. The molecule has 5 rings (SSSR count). The molecule has 550 valence electrons. The number of aromatic nitrogens is 2. The number of H-pyrrole nitrogens is 1. The first-order valence-electron chi connectivity index (χ1n) is 33.8. The number of hydrogen-bond acceptors (Lipinski definition) is 19. The van der Waals surface area contributed by atoms with Crippen LogP contribution < -0.4 is 70.4 Å². The smallest absolute Gasteiger partial charge is 0.305 e. The van der Waals surface area contributed by atoms with E-state index in [1.165, 1.54) is 35.3 Å². The van der Waals surface area contributed by atoms with E-state index in [-0.39, 0.29) is 101 Å². The van der Waals surface area contributed by atoms with Crippen molar-refractivity contribution < 1.29 is 77.3 Å². The highest BCUT2D eigenvalue weighted by Gasteiger charge is 2.46. The number of allylic oxidation sites excluding steroid dienone is 1. The molecule has 0 aliphatic carbocycles. The fourth-order valence-electron chi connectivity index (χ4n) is 11.7. The van der Waals surface area contributed by atoms with Gasteiger partial charge in [0.1, 0.15) is 66.5 Å². The Morgan fingerprint density at radius 1 is 0.750 bits per heavy atom. The van der Waals surface area contributed by atoms with E-state index in [9.17, 15) is 77.3 Å². The van der Waals surface area contributed by atoms with Crippen LogP contribution >= 0.6 is 11.8 Å². The topological polar surface area (TPSA) is 522 Å². The van der Waals surface area contributed by atoms with Crippen molar-refractivity contribution in [3.05, 3.63) is 66.8 Å².